The highest BCUT2D eigenvalue weighted by atomic mass is 16.7. The zero-order chi connectivity index (χ0) is 9.40. The second-order valence-electron chi connectivity index (χ2n) is 1.85. The van der Waals surface area contributed by atoms with Crippen molar-refractivity contribution in [3.8, 4) is 0 Å². The van der Waals surface area contributed by atoms with Crippen molar-refractivity contribution in [3.05, 3.63) is 49.1 Å². The van der Waals surface area contributed by atoms with Crippen molar-refractivity contribution in [2.75, 3.05) is 0 Å². The van der Waals surface area contributed by atoms with Gasteiger partial charge in [0.25, 0.3) is 0 Å². The largest absolute Gasteiger partial charge is 0.370 e. The predicted octanol–water partition coefficient (Wildman–Crippen LogP) is 1.26. The van der Waals surface area contributed by atoms with Crippen molar-refractivity contribution < 1.29 is 9.63 Å². The van der Waals surface area contributed by atoms with Crippen LogP contribution in [0.5, 0.6) is 0 Å². The Morgan fingerprint density at radius 3 is 2.42 bits per heavy atom. The van der Waals surface area contributed by atoms with Gasteiger partial charge in [-0.2, -0.15) is 5.90 Å². The van der Waals surface area contributed by atoms with Crippen molar-refractivity contribution in [2.45, 2.75) is 0 Å². The third-order valence-corrected chi connectivity index (χ3v) is 1.09. The zero-order valence-electron chi connectivity index (χ0n) is 6.69. The van der Waals surface area contributed by atoms with E-state index in [2.05, 4.69) is 23.9 Å². The molecule has 3 heteroatoms. The van der Waals surface area contributed by atoms with Crippen LogP contribution in [-0.2, 0) is 9.63 Å². The molecule has 0 spiro atoms. The monoisotopic (exact) mass is 165 g/mol. The second kappa shape index (κ2) is 6.12. The maximum atomic E-state index is 10.8. The molecule has 0 fully saturated rings. The molecular formula is C9H11NO2. The summed E-state index contributed by atoms with van der Waals surface area (Å²) >= 11 is 0. The lowest BCUT2D eigenvalue weighted by Crippen LogP contribution is -2.10. The molecule has 0 rings (SSSR count). The maximum Gasteiger partial charge on any atom is 0.356 e. The maximum absolute atomic E-state index is 10.8. The SMILES string of the molecule is C=C/C=C\C=C(/C=C)C(=O)ON. The van der Waals surface area contributed by atoms with Gasteiger partial charge in [-0.3, -0.25) is 0 Å². The molecular weight excluding hydrogens is 154 g/mol. The van der Waals surface area contributed by atoms with Crippen molar-refractivity contribution in [1.29, 1.82) is 0 Å². The van der Waals surface area contributed by atoms with Crippen molar-refractivity contribution in [3.63, 3.8) is 0 Å². The third-order valence-electron chi connectivity index (χ3n) is 1.09. The highest BCUT2D eigenvalue weighted by Gasteiger charge is 2.02. The molecule has 64 valence electrons. The summed E-state index contributed by atoms with van der Waals surface area (Å²) in [6.07, 6.45) is 7.80. The molecule has 0 radical (unpaired) electrons. The number of rotatable bonds is 4. The van der Waals surface area contributed by atoms with Crippen LogP contribution in [0.4, 0.5) is 0 Å². The summed E-state index contributed by atoms with van der Waals surface area (Å²) in [5, 5.41) is 0. The summed E-state index contributed by atoms with van der Waals surface area (Å²) in [5.74, 6) is 4.06. The molecule has 0 amide bonds. The summed E-state index contributed by atoms with van der Waals surface area (Å²) in [5.41, 5.74) is 0.301. The average Bonchev–Trinajstić information content (AvgIpc) is 2.11. The van der Waals surface area contributed by atoms with Gasteiger partial charge in [-0.05, 0) is 6.08 Å². The summed E-state index contributed by atoms with van der Waals surface area (Å²) in [6, 6.07) is 0. The molecule has 0 aliphatic heterocycles. The minimum absolute atomic E-state index is 0.301. The van der Waals surface area contributed by atoms with E-state index in [1.54, 1.807) is 18.2 Å². The predicted molar refractivity (Wildman–Crippen MR) is 47.9 cm³/mol. The van der Waals surface area contributed by atoms with Crippen LogP contribution < -0.4 is 5.90 Å². The van der Waals surface area contributed by atoms with Crippen molar-refractivity contribution in [1.82, 2.24) is 0 Å². The third kappa shape index (κ3) is 3.53. The minimum atomic E-state index is -0.612. The van der Waals surface area contributed by atoms with Crippen LogP contribution in [0.2, 0.25) is 0 Å². The fourth-order valence-corrected chi connectivity index (χ4v) is 0.525. The Balaban J connectivity index is 4.42. The van der Waals surface area contributed by atoms with E-state index in [9.17, 15) is 4.79 Å². The molecule has 0 aromatic heterocycles. The first-order valence-electron chi connectivity index (χ1n) is 3.29. The molecule has 0 unspecified atom stereocenters. The van der Waals surface area contributed by atoms with E-state index >= 15 is 0 Å². The molecule has 0 aliphatic carbocycles. The normalized spacial score (nSPS) is 11.2. The fourth-order valence-electron chi connectivity index (χ4n) is 0.525. The first-order valence-corrected chi connectivity index (χ1v) is 3.29. The van der Waals surface area contributed by atoms with Crippen LogP contribution >= 0.6 is 0 Å². The van der Waals surface area contributed by atoms with E-state index in [4.69, 9.17) is 0 Å². The van der Waals surface area contributed by atoms with Gasteiger partial charge in [0.2, 0.25) is 0 Å². The number of nitrogens with two attached hydrogens (primary N) is 1. The Labute approximate surface area is 71.5 Å². The molecule has 0 aliphatic rings. The molecule has 0 atom stereocenters. The Morgan fingerprint density at radius 2 is 2.00 bits per heavy atom. The smallest absolute Gasteiger partial charge is 0.356 e. The molecule has 0 bridgehead atoms. The quantitative estimate of drug-likeness (QED) is 0.387. The van der Waals surface area contributed by atoms with Gasteiger partial charge < -0.3 is 4.84 Å². The number of allylic oxidation sites excluding steroid dienone is 4. The highest BCUT2D eigenvalue weighted by molar-refractivity contribution is 5.91. The van der Waals surface area contributed by atoms with E-state index in [1.165, 1.54) is 12.2 Å². The lowest BCUT2D eigenvalue weighted by atomic mass is 10.2. The van der Waals surface area contributed by atoms with Gasteiger partial charge in [0.05, 0.1) is 5.57 Å². The Morgan fingerprint density at radius 1 is 1.33 bits per heavy atom. The van der Waals surface area contributed by atoms with Crippen LogP contribution in [0.3, 0.4) is 0 Å². The Bertz CT molecular complexity index is 239. The number of carbonyl (C=O) groups is 1. The molecule has 0 aromatic carbocycles. The summed E-state index contributed by atoms with van der Waals surface area (Å²) in [6.45, 7) is 6.89. The summed E-state index contributed by atoms with van der Waals surface area (Å²) in [7, 11) is 0. The van der Waals surface area contributed by atoms with Gasteiger partial charge in [0.1, 0.15) is 0 Å². The van der Waals surface area contributed by atoms with Crippen LogP contribution in [0.1, 0.15) is 0 Å². The van der Waals surface area contributed by atoms with Crippen LogP contribution in [-0.4, -0.2) is 5.97 Å². The van der Waals surface area contributed by atoms with Crippen molar-refractivity contribution in [2.24, 2.45) is 5.90 Å². The van der Waals surface area contributed by atoms with E-state index in [-0.39, 0.29) is 0 Å². The second-order valence-corrected chi connectivity index (χ2v) is 1.85. The number of hydrogen-bond donors (Lipinski definition) is 1. The molecule has 0 saturated carbocycles. The molecule has 0 heterocycles. The van der Waals surface area contributed by atoms with Gasteiger partial charge >= 0.3 is 5.97 Å². The first-order chi connectivity index (χ1) is 5.76. The van der Waals surface area contributed by atoms with Crippen LogP contribution in [0.25, 0.3) is 0 Å². The molecule has 0 aromatic rings. The lowest BCUT2D eigenvalue weighted by molar-refractivity contribution is -0.139. The summed E-state index contributed by atoms with van der Waals surface area (Å²) < 4.78 is 0. The van der Waals surface area contributed by atoms with Gasteiger partial charge in [-0.25, -0.2) is 4.79 Å². The van der Waals surface area contributed by atoms with E-state index in [1.807, 2.05) is 0 Å². The molecule has 0 saturated heterocycles. The minimum Gasteiger partial charge on any atom is -0.370 e. The van der Waals surface area contributed by atoms with Gasteiger partial charge in [0.15, 0.2) is 0 Å². The topological polar surface area (TPSA) is 52.3 Å². The molecule has 2 N–H and O–H groups in total. The molecule has 12 heavy (non-hydrogen) atoms. The highest BCUT2D eigenvalue weighted by Crippen LogP contribution is 1.97. The van der Waals surface area contributed by atoms with Gasteiger partial charge in [-0.1, -0.05) is 37.5 Å². The lowest BCUT2D eigenvalue weighted by Gasteiger charge is -1.94. The zero-order valence-corrected chi connectivity index (χ0v) is 6.69. The first kappa shape index (κ1) is 10.4. The average molecular weight is 165 g/mol. The standard InChI is InChI=1S/C9H11NO2/c1-3-5-6-7-8(4-2)9(11)12-10/h3-7H,1-2,10H2/b6-5-,8-7+. The van der Waals surface area contributed by atoms with Crippen molar-refractivity contribution >= 4 is 5.97 Å². The van der Waals surface area contributed by atoms with E-state index < -0.39 is 5.97 Å². The number of carbonyl (C=O) groups excluding carboxylic acids is 1. The van der Waals surface area contributed by atoms with Crippen LogP contribution in [0, 0.1) is 0 Å². The number of hydrogen-bond acceptors (Lipinski definition) is 3. The van der Waals surface area contributed by atoms with E-state index in [0.29, 0.717) is 5.57 Å². The Hall–Kier alpha value is -1.61. The Kier molecular flexibility index (Phi) is 5.30. The van der Waals surface area contributed by atoms with E-state index in [0.717, 1.165) is 0 Å². The van der Waals surface area contributed by atoms with Gasteiger partial charge in [-0.15, -0.1) is 0 Å². The molecule has 3 nitrogen and oxygen atoms in total. The van der Waals surface area contributed by atoms with Gasteiger partial charge in [0, 0.05) is 0 Å². The fraction of sp³-hybridized carbons (Fsp3) is 0. The van der Waals surface area contributed by atoms with Crippen LogP contribution in [0.15, 0.2) is 49.1 Å². The summed E-state index contributed by atoms with van der Waals surface area (Å²) in [4.78, 5) is 14.8.